The van der Waals surface area contributed by atoms with E-state index in [-0.39, 0.29) is 11.9 Å². The lowest BCUT2D eigenvalue weighted by Gasteiger charge is -2.34. The number of nitrogens with one attached hydrogen (secondary N) is 2. The number of benzene rings is 2. The van der Waals surface area contributed by atoms with Crippen molar-refractivity contribution in [1.82, 2.24) is 10.3 Å². The summed E-state index contributed by atoms with van der Waals surface area (Å²) in [6, 6.07) is 16.6. The van der Waals surface area contributed by atoms with Crippen LogP contribution in [0.4, 0.5) is 5.69 Å². The van der Waals surface area contributed by atoms with E-state index in [9.17, 15) is 4.79 Å². The van der Waals surface area contributed by atoms with Crippen LogP contribution in [-0.4, -0.2) is 23.5 Å². The molecule has 25 heavy (non-hydrogen) atoms. The Morgan fingerprint density at radius 3 is 2.68 bits per heavy atom. The maximum atomic E-state index is 13.7. The number of hydrogen-bond donors (Lipinski definition) is 2. The van der Waals surface area contributed by atoms with E-state index in [4.69, 9.17) is 0 Å². The number of hydrogen-bond acceptors (Lipinski definition) is 2. The predicted molar refractivity (Wildman–Crippen MR) is 99.8 cm³/mol. The maximum absolute atomic E-state index is 13.7. The van der Waals surface area contributed by atoms with E-state index in [1.807, 2.05) is 23.1 Å². The van der Waals surface area contributed by atoms with Gasteiger partial charge >= 0.3 is 0 Å². The summed E-state index contributed by atoms with van der Waals surface area (Å²) in [6.07, 6.45) is 0.929. The van der Waals surface area contributed by atoms with Gasteiger partial charge in [0.05, 0.1) is 5.69 Å². The average molecular weight is 331 g/mol. The van der Waals surface area contributed by atoms with Gasteiger partial charge in [-0.05, 0) is 38.0 Å². The Bertz CT molecular complexity index is 1000. The lowest BCUT2D eigenvalue weighted by Crippen LogP contribution is -2.56. The molecule has 1 atom stereocenters. The zero-order valence-electron chi connectivity index (χ0n) is 14.5. The van der Waals surface area contributed by atoms with Gasteiger partial charge in [0.25, 0.3) is 5.91 Å². The quantitative estimate of drug-likeness (QED) is 0.719. The third-order valence-electron chi connectivity index (χ3n) is 5.58. The Morgan fingerprint density at radius 2 is 1.84 bits per heavy atom. The number of carbonyl (C=O) groups is 1. The van der Waals surface area contributed by atoms with E-state index in [1.54, 1.807) is 0 Å². The summed E-state index contributed by atoms with van der Waals surface area (Å²) in [5, 5.41) is 4.81. The van der Waals surface area contributed by atoms with Crippen LogP contribution >= 0.6 is 0 Å². The van der Waals surface area contributed by atoms with Gasteiger partial charge in [0.1, 0.15) is 0 Å². The highest BCUT2D eigenvalue weighted by atomic mass is 16.2. The molecule has 126 valence electrons. The lowest BCUT2D eigenvalue weighted by molar-refractivity contribution is -0.123. The van der Waals surface area contributed by atoms with Gasteiger partial charge in [-0.15, -0.1) is 0 Å². The molecule has 0 saturated carbocycles. The summed E-state index contributed by atoms with van der Waals surface area (Å²) in [5.41, 5.74) is 4.66. The fraction of sp³-hybridized carbons (Fsp3) is 0.286. The van der Waals surface area contributed by atoms with Crippen LogP contribution in [0.1, 0.15) is 30.7 Å². The highest BCUT2D eigenvalue weighted by Gasteiger charge is 2.55. The smallest absolute Gasteiger partial charge is 0.258 e. The molecule has 0 saturated heterocycles. The molecule has 1 spiro atoms. The van der Waals surface area contributed by atoms with Gasteiger partial charge in [-0.25, -0.2) is 0 Å². The number of fused-ring (bicyclic) bond motifs is 6. The normalized spacial score (nSPS) is 22.0. The molecule has 0 bridgehead atoms. The highest BCUT2D eigenvalue weighted by molar-refractivity contribution is 6.11. The molecule has 4 nitrogen and oxygen atoms in total. The van der Waals surface area contributed by atoms with Crippen LogP contribution < -0.4 is 10.2 Å². The molecule has 4 heteroatoms. The first-order valence-electron chi connectivity index (χ1n) is 8.93. The maximum Gasteiger partial charge on any atom is 0.258 e. The molecule has 1 amide bonds. The molecule has 2 aromatic carbocycles. The number of aromatic nitrogens is 1. The number of carbonyl (C=O) groups excluding carboxylic acids is 1. The molecule has 0 aliphatic carbocycles. The zero-order chi connectivity index (χ0) is 17.2. The molecular weight excluding hydrogens is 310 g/mol. The fourth-order valence-corrected chi connectivity index (χ4v) is 4.57. The Morgan fingerprint density at radius 1 is 1.08 bits per heavy atom. The van der Waals surface area contributed by atoms with Gasteiger partial charge in [-0.1, -0.05) is 36.4 Å². The molecule has 1 aromatic heterocycles. The standard InChI is InChI=1S/C21H21N3O/c1-13(2)24-18-10-6-4-8-16(18)21(20(24)25)19-15(11-12-22-21)14-7-3-5-9-17(14)23-19/h3-10,13,22-23H,11-12H2,1-2H3/t21-/m0/s1. The SMILES string of the molecule is CC(C)N1C(=O)[C@]2(NCCc3c2[nH]c2ccccc32)c2ccccc21. The minimum atomic E-state index is -0.798. The number of amides is 1. The van der Waals surface area contributed by atoms with Crippen molar-refractivity contribution in [3.8, 4) is 0 Å². The molecule has 0 unspecified atom stereocenters. The van der Waals surface area contributed by atoms with Crippen LogP contribution in [0.3, 0.4) is 0 Å². The number of anilines is 1. The van der Waals surface area contributed by atoms with Crippen molar-refractivity contribution in [3.63, 3.8) is 0 Å². The van der Waals surface area contributed by atoms with Crippen molar-refractivity contribution >= 4 is 22.5 Å². The molecule has 0 radical (unpaired) electrons. The predicted octanol–water partition coefficient (Wildman–Crippen LogP) is 3.31. The summed E-state index contributed by atoms with van der Waals surface area (Å²) >= 11 is 0. The third-order valence-corrected chi connectivity index (χ3v) is 5.58. The molecule has 3 aromatic rings. The van der Waals surface area contributed by atoms with Crippen LogP contribution in [0, 0.1) is 0 Å². The first-order valence-corrected chi connectivity index (χ1v) is 8.93. The van der Waals surface area contributed by atoms with Crippen molar-refractivity contribution in [3.05, 3.63) is 65.4 Å². The summed E-state index contributed by atoms with van der Waals surface area (Å²) in [4.78, 5) is 19.2. The minimum Gasteiger partial charge on any atom is -0.356 e. The van der Waals surface area contributed by atoms with Gasteiger partial charge in [0.2, 0.25) is 0 Å². The van der Waals surface area contributed by atoms with Gasteiger partial charge in [-0.3, -0.25) is 10.1 Å². The monoisotopic (exact) mass is 331 g/mol. The van der Waals surface area contributed by atoms with Gasteiger partial charge in [-0.2, -0.15) is 0 Å². The van der Waals surface area contributed by atoms with E-state index in [2.05, 4.69) is 54.5 Å². The van der Waals surface area contributed by atoms with Crippen molar-refractivity contribution in [1.29, 1.82) is 0 Å². The highest BCUT2D eigenvalue weighted by Crippen LogP contribution is 2.48. The molecule has 2 aliphatic heterocycles. The second-order valence-corrected chi connectivity index (χ2v) is 7.24. The van der Waals surface area contributed by atoms with Crippen LogP contribution in [0.5, 0.6) is 0 Å². The summed E-state index contributed by atoms with van der Waals surface area (Å²) in [5.74, 6) is 0.121. The van der Waals surface area contributed by atoms with Crippen molar-refractivity contribution in [2.75, 3.05) is 11.4 Å². The van der Waals surface area contributed by atoms with Crippen LogP contribution in [0.2, 0.25) is 0 Å². The van der Waals surface area contributed by atoms with Crippen molar-refractivity contribution in [2.45, 2.75) is 31.8 Å². The lowest BCUT2D eigenvalue weighted by atomic mass is 9.82. The molecular formula is C21H21N3O. The van der Waals surface area contributed by atoms with E-state index in [0.29, 0.717) is 0 Å². The molecule has 2 N–H and O–H groups in total. The molecule has 3 heterocycles. The molecule has 2 aliphatic rings. The van der Waals surface area contributed by atoms with Crippen LogP contribution in [0.25, 0.3) is 10.9 Å². The Labute approximate surface area is 146 Å². The fourth-order valence-electron chi connectivity index (χ4n) is 4.57. The summed E-state index contributed by atoms with van der Waals surface area (Å²) < 4.78 is 0. The zero-order valence-corrected chi connectivity index (χ0v) is 14.5. The second kappa shape index (κ2) is 4.96. The van der Waals surface area contributed by atoms with E-state index in [1.165, 1.54) is 10.9 Å². The van der Waals surface area contributed by atoms with Gasteiger partial charge in [0, 0.05) is 34.7 Å². The summed E-state index contributed by atoms with van der Waals surface area (Å²) in [7, 11) is 0. The van der Waals surface area contributed by atoms with Crippen LogP contribution in [-0.2, 0) is 16.8 Å². The third kappa shape index (κ3) is 1.72. The minimum absolute atomic E-state index is 0.115. The van der Waals surface area contributed by atoms with Crippen molar-refractivity contribution < 1.29 is 4.79 Å². The molecule has 0 fully saturated rings. The number of nitrogens with zero attached hydrogens (tertiary/aromatic N) is 1. The first kappa shape index (κ1) is 14.7. The van der Waals surface area contributed by atoms with Crippen molar-refractivity contribution in [2.24, 2.45) is 0 Å². The van der Waals surface area contributed by atoms with Crippen LogP contribution in [0.15, 0.2) is 48.5 Å². The topological polar surface area (TPSA) is 48.1 Å². The number of para-hydroxylation sites is 2. The van der Waals surface area contributed by atoms with Gasteiger partial charge < -0.3 is 9.88 Å². The Balaban J connectivity index is 1.85. The second-order valence-electron chi connectivity index (χ2n) is 7.24. The van der Waals surface area contributed by atoms with E-state index < -0.39 is 5.54 Å². The first-order chi connectivity index (χ1) is 12.1. The van der Waals surface area contributed by atoms with Gasteiger partial charge in [0.15, 0.2) is 5.54 Å². The largest absolute Gasteiger partial charge is 0.356 e. The Hall–Kier alpha value is -2.59. The average Bonchev–Trinajstić information content (AvgIpc) is 3.11. The molecule has 5 rings (SSSR count). The van der Waals surface area contributed by atoms with E-state index in [0.717, 1.165) is 35.4 Å². The summed E-state index contributed by atoms with van der Waals surface area (Å²) in [6.45, 7) is 4.94. The number of rotatable bonds is 1. The number of aromatic amines is 1. The Kier molecular flexibility index (Phi) is 2.92. The van der Waals surface area contributed by atoms with E-state index >= 15 is 0 Å². The number of H-pyrrole nitrogens is 1.